The highest BCUT2D eigenvalue weighted by atomic mass is 32.2. The Kier molecular flexibility index (Phi) is 19.7. The number of halogens is 2. The summed E-state index contributed by atoms with van der Waals surface area (Å²) in [6.45, 7) is 5.66. The lowest BCUT2D eigenvalue weighted by molar-refractivity contribution is -0.140. The number of hydrogen-bond acceptors (Lipinski definition) is 18. The lowest BCUT2D eigenvalue weighted by Gasteiger charge is -2.38. The van der Waals surface area contributed by atoms with E-state index in [1.54, 1.807) is 47.3 Å². The first-order valence-electron chi connectivity index (χ1n) is 26.5. The number of aliphatic hydroxyl groups excluding tert-OH is 1. The van der Waals surface area contributed by atoms with Crippen LogP contribution in [0.25, 0.3) is 11.3 Å². The Balaban J connectivity index is 0.763. The van der Waals surface area contributed by atoms with Crippen molar-refractivity contribution in [3.63, 3.8) is 0 Å². The lowest BCUT2D eigenvalue weighted by Crippen LogP contribution is -2.58. The van der Waals surface area contributed by atoms with E-state index in [1.165, 1.54) is 60.4 Å². The summed E-state index contributed by atoms with van der Waals surface area (Å²) in [6, 6.07) is 9.16. The maximum Gasteiger partial charge on any atom is 0.258 e. The molecule has 2 aromatic heterocycles. The van der Waals surface area contributed by atoms with Gasteiger partial charge < -0.3 is 50.8 Å². The van der Waals surface area contributed by atoms with Gasteiger partial charge in [0.2, 0.25) is 23.6 Å². The van der Waals surface area contributed by atoms with Gasteiger partial charge in [-0.1, -0.05) is 6.07 Å². The first-order valence-corrected chi connectivity index (χ1v) is 27.5. The number of nitrogen functional groups attached to an aromatic ring is 1. The summed E-state index contributed by atoms with van der Waals surface area (Å²) in [6.07, 6.45) is 1.97. The van der Waals surface area contributed by atoms with Crippen molar-refractivity contribution >= 4 is 52.0 Å². The number of anilines is 1. The molecule has 2 unspecified atom stereocenters. The number of nitrogens with one attached hydrogen (secondary N) is 3. The largest absolute Gasteiger partial charge is 0.467 e. The number of hydrogen-bond donors (Lipinski definition) is 5. The van der Waals surface area contributed by atoms with Gasteiger partial charge in [0.1, 0.15) is 42.1 Å². The van der Waals surface area contributed by atoms with Gasteiger partial charge in [0.15, 0.2) is 17.3 Å². The fraction of sp³-hybridized carbons (Fsp3) is 0.519. The molecule has 2 bridgehead atoms. The summed E-state index contributed by atoms with van der Waals surface area (Å²) in [5.41, 5.74) is 8.39. The molecule has 22 nitrogen and oxygen atoms in total. The monoisotopic (exact) mass is 1110 g/mol. The number of nitrogens with zero attached hydrogens (tertiary/aromatic N) is 9. The molecule has 422 valence electrons. The molecule has 0 aliphatic carbocycles. The number of Topliss-reactive ketones (excluding diaryl/α,β-unsaturated/α-hetero) is 1. The Morgan fingerprint density at radius 2 is 1.71 bits per heavy atom. The molecular formula is C54H67F2N13O9S. The Morgan fingerprint density at radius 1 is 0.987 bits per heavy atom. The predicted molar refractivity (Wildman–Crippen MR) is 287 cm³/mol. The number of nitrogens with two attached hydrogens (primary N) is 1. The number of thioether (sulfide) groups is 1. The first kappa shape index (κ1) is 58.2. The highest BCUT2D eigenvalue weighted by Crippen LogP contribution is 2.37. The molecule has 4 amide bonds. The Hall–Kier alpha value is -6.95. The molecule has 2 aromatic carbocycles. The van der Waals surface area contributed by atoms with Gasteiger partial charge in [0.05, 0.1) is 79.7 Å². The third kappa shape index (κ3) is 14.1. The van der Waals surface area contributed by atoms with Crippen LogP contribution in [-0.4, -0.2) is 171 Å². The van der Waals surface area contributed by atoms with Crippen LogP contribution in [-0.2, 0) is 41.7 Å². The molecule has 0 radical (unpaired) electrons. The second-order valence-electron chi connectivity index (χ2n) is 19.9. The number of fused-ring (bicyclic) bond motifs is 5. The van der Waals surface area contributed by atoms with E-state index in [4.69, 9.17) is 24.9 Å². The molecule has 4 aliphatic heterocycles. The summed E-state index contributed by atoms with van der Waals surface area (Å²) in [4.78, 5) is 85.8. The average Bonchev–Trinajstić information content (AvgIpc) is 4.43. The zero-order valence-electron chi connectivity index (χ0n) is 44.7. The van der Waals surface area contributed by atoms with E-state index in [0.717, 1.165) is 6.42 Å². The van der Waals surface area contributed by atoms with Crippen molar-refractivity contribution in [3.05, 3.63) is 88.4 Å². The number of aromatic nitrogens is 4. The van der Waals surface area contributed by atoms with Crippen LogP contribution in [0.3, 0.4) is 0 Å². The van der Waals surface area contributed by atoms with Gasteiger partial charge in [-0.2, -0.15) is 10.4 Å². The quantitative estimate of drug-likeness (QED) is 0.0627. The molecule has 25 heteroatoms. The topological polar surface area (TPSA) is 285 Å². The smallest absolute Gasteiger partial charge is 0.258 e. The van der Waals surface area contributed by atoms with Crippen LogP contribution in [0, 0.1) is 28.9 Å². The molecule has 6 N–H and O–H groups in total. The fourth-order valence-corrected chi connectivity index (χ4v) is 11.3. The van der Waals surface area contributed by atoms with E-state index < -0.39 is 42.1 Å². The second-order valence-corrected chi connectivity index (χ2v) is 21.0. The number of ether oxygens (including phenoxy) is 3. The summed E-state index contributed by atoms with van der Waals surface area (Å²) in [5.74, 6) is -1.95. The summed E-state index contributed by atoms with van der Waals surface area (Å²) >= 11 is 1.45. The Bertz CT molecular complexity index is 2930. The minimum absolute atomic E-state index is 0.0274. The highest BCUT2D eigenvalue weighted by Gasteiger charge is 2.43. The molecule has 6 heterocycles. The Labute approximate surface area is 460 Å². The van der Waals surface area contributed by atoms with Crippen LogP contribution < -0.4 is 26.4 Å². The zero-order chi connectivity index (χ0) is 56.3. The minimum atomic E-state index is -1.22. The molecule has 2 fully saturated rings. The van der Waals surface area contributed by atoms with Gasteiger partial charge in [-0.05, 0) is 95.9 Å². The predicted octanol–water partition coefficient (Wildman–Crippen LogP) is 3.30. The molecule has 8 rings (SSSR count). The number of benzene rings is 2. The number of aliphatic imine (C=N–C) groups is 1. The van der Waals surface area contributed by atoms with Crippen molar-refractivity contribution < 1.29 is 52.1 Å². The van der Waals surface area contributed by atoms with Gasteiger partial charge >= 0.3 is 0 Å². The third-order valence-electron chi connectivity index (χ3n) is 14.7. The van der Waals surface area contributed by atoms with E-state index in [9.17, 15) is 43.1 Å². The van der Waals surface area contributed by atoms with Crippen LogP contribution in [0.1, 0.15) is 97.6 Å². The number of nitriles is 1. The van der Waals surface area contributed by atoms with Crippen molar-refractivity contribution in [2.75, 3.05) is 78.2 Å². The average molecular weight is 1110 g/mol. The number of rotatable bonds is 20. The maximum atomic E-state index is 14.5. The van der Waals surface area contributed by atoms with E-state index in [1.807, 2.05) is 0 Å². The number of likely N-dealkylation sites (tertiary alicyclic amines) is 2. The summed E-state index contributed by atoms with van der Waals surface area (Å²) in [7, 11) is 3.34. The van der Waals surface area contributed by atoms with E-state index >= 15 is 0 Å². The van der Waals surface area contributed by atoms with E-state index in [2.05, 4.69) is 37.1 Å². The Morgan fingerprint density at radius 3 is 2.43 bits per heavy atom. The number of aliphatic hydroxyl groups is 1. The number of carbonyl (C=O) groups is 5. The number of amides is 4. The van der Waals surface area contributed by atoms with Crippen LogP contribution in [0.4, 0.5) is 14.6 Å². The molecule has 6 atom stereocenters. The van der Waals surface area contributed by atoms with E-state index in [0.29, 0.717) is 77.6 Å². The van der Waals surface area contributed by atoms with Crippen molar-refractivity contribution in [3.8, 4) is 23.2 Å². The van der Waals surface area contributed by atoms with Gasteiger partial charge in [0.25, 0.3) is 5.88 Å². The normalized spacial score (nSPS) is 20.4. The number of piperidine rings is 1. The van der Waals surface area contributed by atoms with Crippen LogP contribution in [0.5, 0.6) is 5.88 Å². The molecule has 0 spiro atoms. The second kappa shape index (κ2) is 26.8. The van der Waals surface area contributed by atoms with Crippen molar-refractivity contribution in [1.29, 1.82) is 5.26 Å². The summed E-state index contributed by atoms with van der Waals surface area (Å²) < 4.78 is 46.9. The highest BCUT2D eigenvalue weighted by molar-refractivity contribution is 8.14. The lowest BCUT2D eigenvalue weighted by atomic mass is 9.88. The van der Waals surface area contributed by atoms with Crippen molar-refractivity contribution in [2.24, 2.45) is 10.9 Å². The number of ketones is 1. The SMILES string of the molecule is CN[C@@H](C)C(=O)N[C@H](C(=O)N1CCC[C@H]1C1=NC(C(=O)c2ccc(F)cc2)CS1)C1CCN(C(=O)CCOCCOCCC(=O)NCCn2nc(C#N)c3c2CN(C)C(O)c2ccc(F)cc2[C@@H](C)Oc2nc-3cnc2N)CC1. The van der Waals surface area contributed by atoms with Crippen LogP contribution >= 0.6 is 11.8 Å². The van der Waals surface area contributed by atoms with Crippen molar-refractivity contribution in [2.45, 2.75) is 102 Å². The molecule has 2 saturated heterocycles. The molecule has 0 saturated carbocycles. The zero-order valence-corrected chi connectivity index (χ0v) is 45.5. The first-order chi connectivity index (χ1) is 38.0. The summed E-state index contributed by atoms with van der Waals surface area (Å²) in [5, 5.41) is 35.7. The molecular weight excluding hydrogens is 1040 g/mol. The number of likely N-dealkylation sites (N-methyl/N-ethyl adjacent to an activating group) is 1. The van der Waals surface area contributed by atoms with Gasteiger partial charge in [0, 0.05) is 61.6 Å². The molecule has 79 heavy (non-hydrogen) atoms. The minimum Gasteiger partial charge on any atom is -0.467 e. The fourth-order valence-electron chi connectivity index (χ4n) is 10.2. The van der Waals surface area contributed by atoms with Crippen LogP contribution in [0.2, 0.25) is 0 Å². The van der Waals surface area contributed by atoms with E-state index in [-0.39, 0.29) is 123 Å². The van der Waals surface area contributed by atoms with Crippen molar-refractivity contribution in [1.82, 2.24) is 50.4 Å². The van der Waals surface area contributed by atoms with Gasteiger partial charge in [-0.25, -0.2) is 18.7 Å². The van der Waals surface area contributed by atoms with Gasteiger partial charge in [-0.3, -0.25) is 38.5 Å². The third-order valence-corrected chi connectivity index (χ3v) is 15.8. The van der Waals surface area contributed by atoms with Gasteiger partial charge in [-0.15, -0.1) is 11.8 Å². The molecule has 4 aromatic rings. The standard InChI is InChI=1S/C54H67F2N13O9S/c1-31(59-3)50(73)64-47(54(75)68-18-5-6-42(68)52-63-41(30-79-52)48(72)34-7-9-35(55)10-8-34)33-13-19-67(20-14-33)45(71)16-23-77-25-24-76-22-15-44(70)60-17-21-69-43-29-66(4)53(74)37-12-11-36(56)26-38(37)32(2)78-51-49(58)61-28-40(62-51)46(43)39(27-57)65-69/h7-12,26,28,31-33,41-42,47,53,59,74H,5-6,13-25,29-30H2,1-4H3,(H2,58,61)(H,60,70)(H,64,73)/t31-,32+,41?,42-,47-,53?/m0/s1. The maximum absolute atomic E-state index is 14.5. The number of carbonyl (C=O) groups excluding carboxylic acids is 5. The molecule has 4 aliphatic rings. The van der Waals surface area contributed by atoms with Crippen LogP contribution in [0.15, 0.2) is 53.7 Å².